The molecule has 0 heterocycles. The summed E-state index contributed by atoms with van der Waals surface area (Å²) in [5.41, 5.74) is 0. The molecule has 0 aromatic rings. The van der Waals surface area contributed by atoms with Gasteiger partial charge in [0.25, 0.3) is 0 Å². The van der Waals surface area contributed by atoms with Gasteiger partial charge in [-0.15, -0.1) is 0 Å². The van der Waals surface area contributed by atoms with Crippen LogP contribution in [0.4, 0.5) is 4.79 Å². The minimum Gasteiger partial charge on any atom is -0.341 e. The van der Waals surface area contributed by atoms with Gasteiger partial charge in [-0.2, -0.15) is 0 Å². The highest BCUT2D eigenvalue weighted by Gasteiger charge is 1.94. The molecule has 60 valence electrons. The van der Waals surface area contributed by atoms with Crippen LogP contribution >= 0.6 is 0 Å². The number of hydrogen-bond acceptors (Lipinski definition) is 2. The van der Waals surface area contributed by atoms with E-state index < -0.39 is 0 Å². The average Bonchev–Trinajstić information content (AvgIpc) is 2.00. The summed E-state index contributed by atoms with van der Waals surface area (Å²) in [7, 11) is 1.50. The van der Waals surface area contributed by atoms with Gasteiger partial charge in [-0.05, 0) is 6.72 Å². The third-order valence-electron chi connectivity index (χ3n) is 0.780. The number of hydrogen-bond donors (Lipinski definition) is 2. The number of amides is 2. The van der Waals surface area contributed by atoms with Crippen LogP contribution in [-0.4, -0.2) is 26.1 Å². The number of urea groups is 1. The SMILES string of the molecule is C=N/C=N\C(=C)NC(=O)NC. The molecule has 11 heavy (non-hydrogen) atoms. The Kier molecular flexibility index (Phi) is 4.39. The number of carbonyl (C=O) groups is 1. The molecule has 0 aliphatic rings. The summed E-state index contributed by atoms with van der Waals surface area (Å²) in [6, 6.07) is -0.365. The molecule has 0 bridgehead atoms. The van der Waals surface area contributed by atoms with Crippen LogP contribution in [-0.2, 0) is 0 Å². The third-order valence-corrected chi connectivity index (χ3v) is 0.780. The van der Waals surface area contributed by atoms with Gasteiger partial charge in [-0.3, -0.25) is 10.3 Å². The van der Waals surface area contributed by atoms with E-state index in [1.807, 2.05) is 0 Å². The highest BCUT2D eigenvalue weighted by molar-refractivity contribution is 5.75. The zero-order chi connectivity index (χ0) is 8.69. The topological polar surface area (TPSA) is 65.8 Å². The Morgan fingerprint density at radius 1 is 1.64 bits per heavy atom. The molecule has 0 saturated heterocycles. The molecule has 0 aromatic carbocycles. The molecule has 0 radical (unpaired) electrons. The lowest BCUT2D eigenvalue weighted by atomic mass is 10.7. The fraction of sp³-hybridized carbons (Fsp3) is 0.167. The molecule has 0 rings (SSSR count). The zero-order valence-electron chi connectivity index (χ0n) is 6.29. The van der Waals surface area contributed by atoms with Crippen molar-refractivity contribution in [3.05, 3.63) is 12.4 Å². The normalized spacial score (nSPS) is 9.18. The number of aliphatic imine (C=N–C) groups is 2. The van der Waals surface area contributed by atoms with Crippen molar-refractivity contribution >= 4 is 19.1 Å². The molecule has 2 N–H and O–H groups in total. The molecule has 0 unspecified atom stereocenters. The Hall–Kier alpha value is -1.65. The van der Waals surface area contributed by atoms with E-state index in [2.05, 4.69) is 33.9 Å². The van der Waals surface area contributed by atoms with Gasteiger partial charge >= 0.3 is 6.03 Å². The zero-order valence-corrected chi connectivity index (χ0v) is 6.29. The smallest absolute Gasteiger partial charge is 0.320 e. The fourth-order valence-electron chi connectivity index (χ4n) is 0.336. The monoisotopic (exact) mass is 154 g/mol. The summed E-state index contributed by atoms with van der Waals surface area (Å²) >= 11 is 0. The van der Waals surface area contributed by atoms with Crippen molar-refractivity contribution in [3.8, 4) is 0 Å². The largest absolute Gasteiger partial charge is 0.341 e. The molecule has 0 aliphatic carbocycles. The minimum absolute atomic E-state index is 0.219. The summed E-state index contributed by atoms with van der Waals surface area (Å²) < 4.78 is 0. The lowest BCUT2D eigenvalue weighted by Gasteiger charge is -2.00. The maximum atomic E-state index is 10.6. The molecule has 0 fully saturated rings. The molecule has 0 saturated carbocycles. The Morgan fingerprint density at radius 2 is 2.27 bits per heavy atom. The van der Waals surface area contributed by atoms with E-state index in [0.717, 1.165) is 0 Å². The van der Waals surface area contributed by atoms with E-state index in [1.54, 1.807) is 0 Å². The van der Waals surface area contributed by atoms with Gasteiger partial charge in [-0.1, -0.05) is 6.58 Å². The molecular weight excluding hydrogens is 144 g/mol. The van der Waals surface area contributed by atoms with E-state index in [4.69, 9.17) is 0 Å². The first-order valence-corrected chi connectivity index (χ1v) is 2.86. The van der Waals surface area contributed by atoms with Crippen molar-refractivity contribution < 1.29 is 4.79 Å². The van der Waals surface area contributed by atoms with Crippen molar-refractivity contribution in [1.29, 1.82) is 0 Å². The Labute approximate surface area is 64.9 Å². The predicted octanol–water partition coefficient (Wildman–Crippen LogP) is 0.116. The van der Waals surface area contributed by atoms with Crippen LogP contribution < -0.4 is 10.6 Å². The molecular formula is C6H10N4O. The van der Waals surface area contributed by atoms with Crippen LogP contribution in [0.2, 0.25) is 0 Å². The van der Waals surface area contributed by atoms with Gasteiger partial charge in [0.05, 0.1) is 0 Å². The van der Waals surface area contributed by atoms with E-state index >= 15 is 0 Å². The Morgan fingerprint density at radius 3 is 2.73 bits per heavy atom. The second-order valence-corrected chi connectivity index (χ2v) is 1.58. The third kappa shape index (κ3) is 4.83. The number of nitrogens with one attached hydrogen (secondary N) is 2. The highest BCUT2D eigenvalue weighted by atomic mass is 16.2. The highest BCUT2D eigenvalue weighted by Crippen LogP contribution is 1.83. The summed E-state index contributed by atoms with van der Waals surface area (Å²) in [6.07, 6.45) is 1.19. The lowest BCUT2D eigenvalue weighted by Crippen LogP contribution is -2.31. The molecule has 5 nitrogen and oxygen atoms in total. The molecule has 5 heteroatoms. The van der Waals surface area contributed by atoms with E-state index in [-0.39, 0.29) is 11.9 Å². The molecule has 0 aliphatic heterocycles. The van der Waals surface area contributed by atoms with Crippen molar-refractivity contribution in [2.45, 2.75) is 0 Å². The molecule has 0 atom stereocenters. The second kappa shape index (κ2) is 5.16. The fourth-order valence-corrected chi connectivity index (χ4v) is 0.336. The first-order valence-electron chi connectivity index (χ1n) is 2.86. The van der Waals surface area contributed by atoms with Crippen LogP contribution in [0.5, 0.6) is 0 Å². The van der Waals surface area contributed by atoms with Gasteiger partial charge in [0, 0.05) is 7.05 Å². The van der Waals surface area contributed by atoms with Gasteiger partial charge in [0.15, 0.2) is 0 Å². The number of nitrogens with zero attached hydrogens (tertiary/aromatic N) is 2. The van der Waals surface area contributed by atoms with Crippen molar-refractivity contribution in [2.24, 2.45) is 9.98 Å². The van der Waals surface area contributed by atoms with Gasteiger partial charge in [-0.25, -0.2) is 9.79 Å². The van der Waals surface area contributed by atoms with Crippen LogP contribution in [0.15, 0.2) is 22.4 Å². The average molecular weight is 154 g/mol. The molecule has 0 spiro atoms. The van der Waals surface area contributed by atoms with E-state index in [0.29, 0.717) is 0 Å². The molecule has 0 aromatic heterocycles. The summed E-state index contributed by atoms with van der Waals surface area (Å²) in [5.74, 6) is 0.219. The van der Waals surface area contributed by atoms with Crippen LogP contribution in [0.1, 0.15) is 0 Å². The van der Waals surface area contributed by atoms with Crippen LogP contribution in [0.3, 0.4) is 0 Å². The maximum absolute atomic E-state index is 10.6. The van der Waals surface area contributed by atoms with Crippen LogP contribution in [0.25, 0.3) is 0 Å². The summed E-state index contributed by atoms with van der Waals surface area (Å²) in [6.45, 7) is 6.59. The Balaban J connectivity index is 3.78. The molecule has 2 amide bonds. The van der Waals surface area contributed by atoms with E-state index in [9.17, 15) is 4.79 Å². The maximum Gasteiger partial charge on any atom is 0.320 e. The number of rotatable bonds is 3. The number of carbonyl (C=O) groups excluding carboxylic acids is 1. The lowest BCUT2D eigenvalue weighted by molar-refractivity contribution is 0.245. The van der Waals surface area contributed by atoms with Gasteiger partial charge in [0.2, 0.25) is 0 Å². The van der Waals surface area contributed by atoms with Crippen molar-refractivity contribution in [2.75, 3.05) is 7.05 Å². The first kappa shape index (κ1) is 9.35. The van der Waals surface area contributed by atoms with Crippen molar-refractivity contribution in [3.63, 3.8) is 0 Å². The minimum atomic E-state index is -0.365. The standard InChI is InChI=1S/C6H10N4O/c1-5(9-4-7-2)10-6(11)8-3/h4H,1-2H2,3H3,(H2,8,10,11)/b9-4-. The van der Waals surface area contributed by atoms with Crippen molar-refractivity contribution in [1.82, 2.24) is 10.6 Å². The van der Waals surface area contributed by atoms with E-state index in [1.165, 1.54) is 13.4 Å². The quantitative estimate of drug-likeness (QED) is 0.440. The second-order valence-electron chi connectivity index (χ2n) is 1.58. The first-order chi connectivity index (χ1) is 5.20. The predicted molar refractivity (Wildman–Crippen MR) is 44.8 cm³/mol. The summed E-state index contributed by atoms with van der Waals surface area (Å²) in [5, 5.41) is 4.68. The van der Waals surface area contributed by atoms with Crippen LogP contribution in [0, 0.1) is 0 Å². The van der Waals surface area contributed by atoms with Gasteiger partial charge in [0.1, 0.15) is 12.2 Å². The Bertz CT molecular complexity index is 197. The summed E-state index contributed by atoms with van der Waals surface area (Å²) in [4.78, 5) is 17.5. The van der Waals surface area contributed by atoms with Gasteiger partial charge < -0.3 is 5.32 Å².